The minimum Gasteiger partial charge on any atom is -0.399 e. The molecule has 164 valence electrons. The van der Waals surface area contributed by atoms with E-state index in [1.54, 1.807) is 19.9 Å². The van der Waals surface area contributed by atoms with E-state index < -0.39 is 28.3 Å². The van der Waals surface area contributed by atoms with Gasteiger partial charge in [-0.15, -0.1) is 0 Å². The third-order valence-corrected chi connectivity index (χ3v) is 5.86. The molecule has 0 aliphatic rings. The average molecular weight is 436 g/mol. The summed E-state index contributed by atoms with van der Waals surface area (Å²) in [5.41, 5.74) is 6.91. The first-order valence-electron chi connectivity index (χ1n) is 9.63. The molecule has 2 aromatic carbocycles. The molecule has 0 aliphatic heterocycles. The number of nitrogens with two attached hydrogens (primary N) is 1. The van der Waals surface area contributed by atoms with Crippen molar-refractivity contribution in [1.29, 1.82) is 0 Å². The third-order valence-electron chi connectivity index (χ3n) is 4.24. The van der Waals surface area contributed by atoms with Crippen molar-refractivity contribution in [2.45, 2.75) is 50.3 Å². The summed E-state index contributed by atoms with van der Waals surface area (Å²) >= 11 is 0. The Labute approximate surface area is 177 Å². The highest BCUT2D eigenvalue weighted by Crippen LogP contribution is 2.21. The predicted molar refractivity (Wildman–Crippen MR) is 115 cm³/mol. The molecule has 0 fully saturated rings. The lowest BCUT2D eigenvalue weighted by Gasteiger charge is -2.30. The van der Waals surface area contributed by atoms with Gasteiger partial charge in [-0.1, -0.05) is 40.9 Å². The van der Waals surface area contributed by atoms with Crippen LogP contribution in [0, 0.1) is 0 Å². The molecule has 4 N–H and O–H groups in total. The highest BCUT2D eigenvalue weighted by molar-refractivity contribution is 7.89. The number of sulfonamides is 1. The normalized spacial score (nSPS) is 13.9. The molecule has 9 heteroatoms. The van der Waals surface area contributed by atoms with Crippen LogP contribution in [0.2, 0.25) is 0 Å². The number of hydroxylamine groups is 1. The van der Waals surface area contributed by atoms with Gasteiger partial charge in [-0.2, -0.15) is 0 Å². The molecule has 0 heterocycles. The Bertz CT molecular complexity index is 935. The topological polar surface area (TPSA) is 122 Å². The first kappa shape index (κ1) is 23.8. The van der Waals surface area contributed by atoms with E-state index in [1.807, 2.05) is 30.3 Å². The number of aliphatic hydroxyl groups excluding tert-OH is 1. The Balaban J connectivity index is 2.28. The van der Waals surface area contributed by atoms with Gasteiger partial charge in [0.25, 0.3) is 10.0 Å². The molecule has 0 bridgehead atoms. The predicted octanol–water partition coefficient (Wildman–Crippen LogP) is 1.71. The highest BCUT2D eigenvalue weighted by Gasteiger charge is 2.32. The SMILES string of the molecule is CC(=O)N[C@@H](Cc1ccccc1)[C@H](O)CN(OC(C)C)S(=O)(=O)c1cccc(N)c1. The fourth-order valence-corrected chi connectivity index (χ4v) is 4.32. The van der Waals surface area contributed by atoms with Gasteiger partial charge in [0.1, 0.15) is 0 Å². The summed E-state index contributed by atoms with van der Waals surface area (Å²) in [5.74, 6) is -0.329. The number of aliphatic hydroxyl groups is 1. The van der Waals surface area contributed by atoms with Crippen LogP contribution in [0.25, 0.3) is 0 Å². The van der Waals surface area contributed by atoms with E-state index in [0.717, 1.165) is 10.0 Å². The maximum Gasteiger partial charge on any atom is 0.265 e. The van der Waals surface area contributed by atoms with Crippen LogP contribution in [0.15, 0.2) is 59.5 Å². The quantitative estimate of drug-likeness (QED) is 0.386. The zero-order chi connectivity index (χ0) is 22.3. The zero-order valence-electron chi connectivity index (χ0n) is 17.4. The van der Waals surface area contributed by atoms with Crippen LogP contribution in [0.4, 0.5) is 5.69 Å². The van der Waals surface area contributed by atoms with E-state index >= 15 is 0 Å². The monoisotopic (exact) mass is 435 g/mol. The Morgan fingerprint density at radius 2 is 1.83 bits per heavy atom. The third kappa shape index (κ3) is 6.81. The van der Waals surface area contributed by atoms with Crippen LogP contribution >= 0.6 is 0 Å². The van der Waals surface area contributed by atoms with Gasteiger partial charge in [0.15, 0.2) is 0 Å². The molecular formula is C21H29N3O5S. The Hall–Kier alpha value is -2.46. The molecular weight excluding hydrogens is 406 g/mol. The number of benzene rings is 2. The number of anilines is 1. The van der Waals surface area contributed by atoms with Crippen LogP contribution in [0.1, 0.15) is 26.3 Å². The Morgan fingerprint density at radius 3 is 2.40 bits per heavy atom. The Morgan fingerprint density at radius 1 is 1.17 bits per heavy atom. The average Bonchev–Trinajstić information content (AvgIpc) is 2.67. The maximum absolute atomic E-state index is 13.1. The number of nitrogen functional groups attached to an aromatic ring is 1. The summed E-state index contributed by atoms with van der Waals surface area (Å²) in [7, 11) is -4.09. The molecule has 1 amide bonds. The van der Waals surface area contributed by atoms with Crippen molar-refractivity contribution in [1.82, 2.24) is 9.79 Å². The van der Waals surface area contributed by atoms with E-state index in [0.29, 0.717) is 12.1 Å². The van der Waals surface area contributed by atoms with Gasteiger partial charge in [-0.3, -0.25) is 9.63 Å². The van der Waals surface area contributed by atoms with E-state index in [2.05, 4.69) is 5.32 Å². The van der Waals surface area contributed by atoms with Gasteiger partial charge in [0.05, 0.1) is 29.7 Å². The van der Waals surface area contributed by atoms with Crippen LogP contribution in [-0.2, 0) is 26.1 Å². The van der Waals surface area contributed by atoms with Gasteiger partial charge in [-0.05, 0) is 44.0 Å². The first-order valence-corrected chi connectivity index (χ1v) is 11.1. The van der Waals surface area contributed by atoms with Crippen LogP contribution in [0.3, 0.4) is 0 Å². The van der Waals surface area contributed by atoms with E-state index in [-0.39, 0.29) is 17.3 Å². The number of nitrogens with zero attached hydrogens (tertiary/aromatic N) is 1. The van der Waals surface area contributed by atoms with Gasteiger partial charge in [0, 0.05) is 12.6 Å². The highest BCUT2D eigenvalue weighted by atomic mass is 32.2. The fraction of sp³-hybridized carbons (Fsp3) is 0.381. The van der Waals surface area contributed by atoms with Crippen LogP contribution in [-0.4, -0.2) is 48.7 Å². The first-order chi connectivity index (χ1) is 14.1. The standard InChI is InChI=1S/C21H29N3O5S/c1-15(2)29-24(30(27,28)19-11-7-10-18(22)13-19)14-21(26)20(23-16(3)25)12-17-8-5-4-6-9-17/h4-11,13,15,20-21,26H,12,14,22H2,1-3H3,(H,23,25)/t20-,21+/m0/s1. The zero-order valence-corrected chi connectivity index (χ0v) is 18.2. The lowest BCUT2D eigenvalue weighted by atomic mass is 10.0. The van der Waals surface area contributed by atoms with Gasteiger partial charge in [-0.25, -0.2) is 8.42 Å². The lowest BCUT2D eigenvalue weighted by Crippen LogP contribution is -2.50. The van der Waals surface area contributed by atoms with Crippen LogP contribution < -0.4 is 11.1 Å². The van der Waals surface area contributed by atoms with Crippen molar-refractivity contribution in [2.75, 3.05) is 12.3 Å². The van der Waals surface area contributed by atoms with Crippen molar-refractivity contribution >= 4 is 21.6 Å². The second kappa shape index (κ2) is 10.5. The summed E-state index contributed by atoms with van der Waals surface area (Å²) in [4.78, 5) is 17.1. The second-order valence-corrected chi connectivity index (χ2v) is 9.11. The molecule has 0 aliphatic carbocycles. The number of hydrogen-bond acceptors (Lipinski definition) is 6. The maximum atomic E-state index is 13.1. The number of amides is 1. The minimum absolute atomic E-state index is 0.0468. The number of hydrogen-bond donors (Lipinski definition) is 3. The molecule has 0 spiro atoms. The van der Waals surface area contributed by atoms with Gasteiger partial charge in [0.2, 0.25) is 5.91 Å². The summed E-state index contributed by atoms with van der Waals surface area (Å²) in [6, 6.07) is 14.4. The molecule has 2 aromatic rings. The van der Waals surface area contributed by atoms with Gasteiger partial charge >= 0.3 is 0 Å². The van der Waals surface area contributed by atoms with Crippen molar-refractivity contribution < 1.29 is 23.2 Å². The van der Waals surface area contributed by atoms with Gasteiger partial charge < -0.3 is 16.2 Å². The number of rotatable bonds is 10. The molecule has 0 radical (unpaired) electrons. The number of carbonyl (C=O) groups is 1. The second-order valence-electron chi connectivity index (χ2n) is 7.28. The van der Waals surface area contributed by atoms with Crippen molar-refractivity contribution in [3.8, 4) is 0 Å². The minimum atomic E-state index is -4.09. The van der Waals surface area contributed by atoms with E-state index in [1.165, 1.54) is 25.1 Å². The molecule has 0 aromatic heterocycles. The molecule has 30 heavy (non-hydrogen) atoms. The number of nitrogens with one attached hydrogen (secondary N) is 1. The summed E-state index contributed by atoms with van der Waals surface area (Å²) in [6.45, 7) is 4.34. The number of carbonyl (C=O) groups excluding carboxylic acids is 1. The summed E-state index contributed by atoms with van der Waals surface area (Å²) in [6.07, 6.45) is -1.35. The molecule has 2 rings (SSSR count). The molecule has 0 saturated carbocycles. The van der Waals surface area contributed by atoms with E-state index in [9.17, 15) is 18.3 Å². The smallest absolute Gasteiger partial charge is 0.265 e. The fourth-order valence-electron chi connectivity index (χ4n) is 2.92. The van der Waals surface area contributed by atoms with E-state index in [4.69, 9.17) is 10.6 Å². The molecule has 2 atom stereocenters. The van der Waals surface area contributed by atoms with Crippen molar-refractivity contribution in [3.63, 3.8) is 0 Å². The summed E-state index contributed by atoms with van der Waals surface area (Å²) < 4.78 is 27.0. The largest absolute Gasteiger partial charge is 0.399 e. The van der Waals surface area contributed by atoms with Crippen molar-refractivity contribution in [2.24, 2.45) is 0 Å². The molecule has 0 unspecified atom stereocenters. The molecule has 8 nitrogen and oxygen atoms in total. The van der Waals surface area contributed by atoms with Crippen LogP contribution in [0.5, 0.6) is 0 Å². The van der Waals surface area contributed by atoms with Crippen molar-refractivity contribution in [3.05, 3.63) is 60.2 Å². The lowest BCUT2D eigenvalue weighted by molar-refractivity contribution is -0.138. The summed E-state index contributed by atoms with van der Waals surface area (Å²) in [5, 5.41) is 13.5. The Kier molecular flexibility index (Phi) is 8.36. The molecule has 0 saturated heterocycles.